The number of carboxylic acid groups (broad SMARTS) is 2. The summed E-state index contributed by atoms with van der Waals surface area (Å²) in [5.74, 6) is -2.50. The third-order valence-corrected chi connectivity index (χ3v) is 3.89. The monoisotopic (exact) mass is 384 g/mol. The molecule has 2 aromatic carbocycles. The highest BCUT2D eigenvalue weighted by Gasteiger charge is 2.07. The van der Waals surface area contributed by atoms with Crippen molar-refractivity contribution in [3.63, 3.8) is 0 Å². The molecule has 0 aliphatic heterocycles. The second-order valence-corrected chi connectivity index (χ2v) is 6.07. The van der Waals surface area contributed by atoms with Crippen molar-refractivity contribution in [2.45, 2.75) is 25.7 Å². The molecule has 0 unspecified atom stereocenters. The highest BCUT2D eigenvalue weighted by molar-refractivity contribution is 5.93. The van der Waals surface area contributed by atoms with E-state index in [9.17, 15) is 19.2 Å². The van der Waals surface area contributed by atoms with E-state index < -0.39 is 11.9 Å². The first-order chi connectivity index (χ1) is 13.3. The molecular formula is C20H20N2O6. The van der Waals surface area contributed by atoms with Gasteiger partial charge in [0.05, 0.1) is 11.1 Å². The summed E-state index contributed by atoms with van der Waals surface area (Å²) in [6.07, 6.45) is 1.51. The smallest absolute Gasteiger partial charge is 0.335 e. The van der Waals surface area contributed by atoms with Crippen LogP contribution in [0.3, 0.4) is 0 Å². The quantitative estimate of drug-likeness (QED) is 0.491. The molecule has 146 valence electrons. The number of unbranched alkanes of at least 4 members (excludes halogenated alkanes) is 1. The van der Waals surface area contributed by atoms with Gasteiger partial charge in [0.15, 0.2) is 0 Å². The molecule has 0 radical (unpaired) electrons. The third-order valence-electron chi connectivity index (χ3n) is 3.89. The summed E-state index contributed by atoms with van der Waals surface area (Å²) in [5, 5.41) is 23.0. The van der Waals surface area contributed by atoms with Crippen molar-refractivity contribution in [1.29, 1.82) is 0 Å². The lowest BCUT2D eigenvalue weighted by molar-refractivity contribution is -0.118. The molecule has 0 bridgehead atoms. The van der Waals surface area contributed by atoms with Gasteiger partial charge in [0.2, 0.25) is 11.8 Å². The van der Waals surface area contributed by atoms with E-state index in [1.807, 2.05) is 0 Å². The van der Waals surface area contributed by atoms with E-state index in [2.05, 4.69) is 10.6 Å². The van der Waals surface area contributed by atoms with Gasteiger partial charge in [0.25, 0.3) is 0 Å². The Balaban J connectivity index is 1.67. The Morgan fingerprint density at radius 3 is 1.21 bits per heavy atom. The summed E-state index contributed by atoms with van der Waals surface area (Å²) >= 11 is 0. The fourth-order valence-corrected chi connectivity index (χ4v) is 2.41. The summed E-state index contributed by atoms with van der Waals surface area (Å²) < 4.78 is 0. The molecule has 0 saturated heterocycles. The van der Waals surface area contributed by atoms with Crippen LogP contribution in [0.15, 0.2) is 48.5 Å². The van der Waals surface area contributed by atoms with Crippen molar-refractivity contribution in [2.75, 3.05) is 10.6 Å². The normalized spacial score (nSPS) is 10.1. The summed E-state index contributed by atoms with van der Waals surface area (Å²) in [7, 11) is 0. The van der Waals surface area contributed by atoms with Crippen LogP contribution in [-0.2, 0) is 9.59 Å². The number of hydrogen-bond donors (Lipinski definition) is 4. The zero-order chi connectivity index (χ0) is 20.5. The number of carbonyl (C=O) groups excluding carboxylic acids is 2. The van der Waals surface area contributed by atoms with Gasteiger partial charge in [-0.05, 0) is 61.4 Å². The number of nitrogens with one attached hydrogen (secondary N) is 2. The van der Waals surface area contributed by atoms with Gasteiger partial charge in [0, 0.05) is 24.2 Å². The van der Waals surface area contributed by atoms with E-state index in [1.54, 1.807) is 0 Å². The number of aromatic carboxylic acids is 2. The minimum atomic E-state index is -1.03. The Kier molecular flexibility index (Phi) is 7.27. The summed E-state index contributed by atoms with van der Waals surface area (Å²) in [6.45, 7) is 0. The van der Waals surface area contributed by atoms with Crippen LogP contribution in [0.2, 0.25) is 0 Å². The van der Waals surface area contributed by atoms with E-state index in [1.165, 1.54) is 48.5 Å². The summed E-state index contributed by atoms with van der Waals surface area (Å²) in [4.78, 5) is 45.3. The van der Waals surface area contributed by atoms with E-state index in [4.69, 9.17) is 10.2 Å². The standard InChI is InChI=1S/C20H20N2O6/c23-17(21-15-9-5-13(6-10-15)19(25)26)3-1-2-4-18(24)22-16-11-7-14(8-12-16)20(27)28/h5-12H,1-4H2,(H,21,23)(H,22,24)(H,25,26)(H,27,28). The van der Waals surface area contributed by atoms with Crippen LogP contribution in [0, 0.1) is 0 Å². The fraction of sp³-hybridized carbons (Fsp3) is 0.200. The van der Waals surface area contributed by atoms with Crippen molar-refractivity contribution in [1.82, 2.24) is 0 Å². The molecule has 8 heteroatoms. The van der Waals surface area contributed by atoms with E-state index in [0.29, 0.717) is 24.2 Å². The lowest BCUT2D eigenvalue weighted by atomic mass is 10.1. The molecule has 8 nitrogen and oxygen atoms in total. The van der Waals surface area contributed by atoms with Crippen molar-refractivity contribution < 1.29 is 29.4 Å². The molecule has 0 aliphatic rings. The Bertz CT molecular complexity index is 786. The molecular weight excluding hydrogens is 364 g/mol. The largest absolute Gasteiger partial charge is 0.478 e. The number of benzene rings is 2. The van der Waals surface area contributed by atoms with Gasteiger partial charge in [-0.25, -0.2) is 9.59 Å². The van der Waals surface area contributed by atoms with Crippen LogP contribution in [0.1, 0.15) is 46.4 Å². The Labute approximate surface area is 161 Å². The van der Waals surface area contributed by atoms with Crippen molar-refractivity contribution in [3.8, 4) is 0 Å². The number of carboxylic acids is 2. The highest BCUT2D eigenvalue weighted by Crippen LogP contribution is 2.12. The van der Waals surface area contributed by atoms with Crippen LogP contribution in [0.5, 0.6) is 0 Å². The molecule has 2 amide bonds. The van der Waals surface area contributed by atoms with Crippen LogP contribution in [0.25, 0.3) is 0 Å². The number of amides is 2. The first-order valence-corrected chi connectivity index (χ1v) is 8.61. The first-order valence-electron chi connectivity index (χ1n) is 8.61. The first kappa shape index (κ1) is 20.6. The molecule has 0 saturated carbocycles. The van der Waals surface area contributed by atoms with Gasteiger partial charge in [-0.2, -0.15) is 0 Å². The Morgan fingerprint density at radius 2 is 0.929 bits per heavy atom. The lowest BCUT2D eigenvalue weighted by Crippen LogP contribution is -2.13. The topological polar surface area (TPSA) is 133 Å². The zero-order valence-corrected chi connectivity index (χ0v) is 15.0. The Hall–Kier alpha value is -3.68. The minimum absolute atomic E-state index is 0.140. The maximum absolute atomic E-state index is 11.9. The second-order valence-electron chi connectivity index (χ2n) is 6.07. The van der Waals surface area contributed by atoms with Gasteiger partial charge in [0.1, 0.15) is 0 Å². The average Bonchev–Trinajstić information content (AvgIpc) is 2.66. The summed E-state index contributed by atoms with van der Waals surface area (Å²) in [5.41, 5.74) is 1.30. The number of anilines is 2. The molecule has 4 N–H and O–H groups in total. The number of carbonyl (C=O) groups is 4. The van der Waals surface area contributed by atoms with Crippen molar-refractivity contribution in [2.24, 2.45) is 0 Å². The predicted molar refractivity (Wildman–Crippen MR) is 103 cm³/mol. The maximum atomic E-state index is 11.9. The summed E-state index contributed by atoms with van der Waals surface area (Å²) in [6, 6.07) is 11.7. The minimum Gasteiger partial charge on any atom is -0.478 e. The van der Waals surface area contributed by atoms with Crippen molar-refractivity contribution >= 4 is 35.1 Å². The lowest BCUT2D eigenvalue weighted by Gasteiger charge is -2.07. The molecule has 0 atom stereocenters. The predicted octanol–water partition coefficient (Wildman–Crippen LogP) is 3.22. The van der Waals surface area contributed by atoms with Gasteiger partial charge in [-0.15, -0.1) is 0 Å². The van der Waals surface area contributed by atoms with Crippen LogP contribution in [-0.4, -0.2) is 34.0 Å². The van der Waals surface area contributed by atoms with Gasteiger partial charge >= 0.3 is 11.9 Å². The van der Waals surface area contributed by atoms with Crippen molar-refractivity contribution in [3.05, 3.63) is 59.7 Å². The molecule has 28 heavy (non-hydrogen) atoms. The fourth-order valence-electron chi connectivity index (χ4n) is 2.41. The molecule has 2 aromatic rings. The second kappa shape index (κ2) is 9.86. The van der Waals surface area contributed by atoms with Gasteiger partial charge in [-0.3, -0.25) is 9.59 Å². The molecule has 0 aliphatic carbocycles. The third kappa shape index (κ3) is 6.56. The van der Waals surface area contributed by atoms with E-state index >= 15 is 0 Å². The highest BCUT2D eigenvalue weighted by atomic mass is 16.4. The van der Waals surface area contributed by atoms with E-state index in [0.717, 1.165) is 0 Å². The molecule has 2 rings (SSSR count). The number of hydrogen-bond acceptors (Lipinski definition) is 4. The van der Waals surface area contributed by atoms with Gasteiger partial charge in [-0.1, -0.05) is 0 Å². The molecule has 0 spiro atoms. The average molecular weight is 384 g/mol. The number of rotatable bonds is 9. The SMILES string of the molecule is O=C(CCCCC(=O)Nc1ccc(C(=O)O)cc1)Nc1ccc(C(=O)O)cc1. The Morgan fingerprint density at radius 1 is 0.607 bits per heavy atom. The van der Waals surface area contributed by atoms with Crippen LogP contribution < -0.4 is 10.6 Å². The van der Waals surface area contributed by atoms with Gasteiger partial charge < -0.3 is 20.8 Å². The van der Waals surface area contributed by atoms with E-state index in [-0.39, 0.29) is 35.8 Å². The van der Waals surface area contributed by atoms with Crippen LogP contribution >= 0.6 is 0 Å². The van der Waals surface area contributed by atoms with Crippen LogP contribution in [0.4, 0.5) is 11.4 Å². The maximum Gasteiger partial charge on any atom is 0.335 e. The zero-order valence-electron chi connectivity index (χ0n) is 15.0. The molecule has 0 heterocycles. The molecule has 0 fully saturated rings. The molecule has 0 aromatic heterocycles.